The van der Waals surface area contributed by atoms with E-state index in [1.165, 1.54) is 0 Å². The Hall–Kier alpha value is -0.770. The number of aliphatic hydroxyl groups is 1. The van der Waals surface area contributed by atoms with Crippen LogP contribution in [0.4, 0.5) is 0 Å². The van der Waals surface area contributed by atoms with Gasteiger partial charge in [-0.3, -0.25) is 0 Å². The SMILES string of the molecule is COc1ccc(Cl)cc1C(O)C1CCOCC1. The van der Waals surface area contributed by atoms with Crippen LogP contribution in [0.15, 0.2) is 18.2 Å². The zero-order valence-electron chi connectivity index (χ0n) is 9.86. The first-order valence-electron chi connectivity index (χ1n) is 5.81. The molecule has 94 valence electrons. The molecule has 1 aromatic carbocycles. The number of ether oxygens (including phenoxy) is 2. The van der Waals surface area contributed by atoms with Crippen molar-refractivity contribution in [2.45, 2.75) is 18.9 Å². The Morgan fingerprint density at radius 3 is 2.76 bits per heavy atom. The molecule has 0 aliphatic carbocycles. The second kappa shape index (κ2) is 5.71. The lowest BCUT2D eigenvalue weighted by molar-refractivity contribution is 0.00637. The maximum atomic E-state index is 10.4. The molecule has 1 fully saturated rings. The third kappa shape index (κ3) is 2.92. The molecule has 1 unspecified atom stereocenters. The lowest BCUT2D eigenvalue weighted by atomic mass is 9.89. The summed E-state index contributed by atoms with van der Waals surface area (Å²) in [4.78, 5) is 0. The number of aliphatic hydroxyl groups excluding tert-OH is 1. The molecule has 0 spiro atoms. The first kappa shape index (κ1) is 12.7. The fraction of sp³-hybridized carbons (Fsp3) is 0.538. The van der Waals surface area contributed by atoms with Crippen LogP contribution in [0.2, 0.25) is 5.02 Å². The minimum atomic E-state index is -0.535. The molecule has 2 rings (SSSR count). The van der Waals surface area contributed by atoms with Gasteiger partial charge in [0.25, 0.3) is 0 Å². The molecule has 0 aromatic heterocycles. The molecule has 3 nitrogen and oxygen atoms in total. The fourth-order valence-electron chi connectivity index (χ4n) is 2.22. The van der Waals surface area contributed by atoms with Crippen LogP contribution in [-0.4, -0.2) is 25.4 Å². The van der Waals surface area contributed by atoms with E-state index in [0.29, 0.717) is 24.0 Å². The van der Waals surface area contributed by atoms with Gasteiger partial charge in [0.05, 0.1) is 13.2 Å². The quantitative estimate of drug-likeness (QED) is 0.904. The molecule has 17 heavy (non-hydrogen) atoms. The summed E-state index contributed by atoms with van der Waals surface area (Å²) >= 11 is 5.97. The van der Waals surface area contributed by atoms with E-state index in [-0.39, 0.29) is 5.92 Å². The van der Waals surface area contributed by atoms with E-state index in [1.54, 1.807) is 25.3 Å². The number of hydrogen-bond donors (Lipinski definition) is 1. The molecule has 0 saturated carbocycles. The summed E-state index contributed by atoms with van der Waals surface area (Å²) in [6.07, 6.45) is 1.21. The Morgan fingerprint density at radius 1 is 1.41 bits per heavy atom. The third-order valence-electron chi connectivity index (χ3n) is 3.22. The predicted octanol–water partition coefficient (Wildman–Crippen LogP) is 2.81. The number of hydrogen-bond acceptors (Lipinski definition) is 3. The second-order valence-corrected chi connectivity index (χ2v) is 4.72. The molecule has 1 aliphatic rings. The third-order valence-corrected chi connectivity index (χ3v) is 3.46. The Kier molecular flexibility index (Phi) is 4.26. The highest BCUT2D eigenvalue weighted by Gasteiger charge is 2.25. The van der Waals surface area contributed by atoms with Crippen LogP contribution in [0.25, 0.3) is 0 Å². The van der Waals surface area contributed by atoms with Crippen LogP contribution in [0.5, 0.6) is 5.75 Å². The maximum Gasteiger partial charge on any atom is 0.124 e. The van der Waals surface area contributed by atoms with Crippen LogP contribution in [0.3, 0.4) is 0 Å². The Bertz CT molecular complexity index is 375. The topological polar surface area (TPSA) is 38.7 Å². The number of methoxy groups -OCH3 is 1. The highest BCUT2D eigenvalue weighted by atomic mass is 35.5. The summed E-state index contributed by atoms with van der Waals surface area (Å²) in [5.74, 6) is 0.907. The molecule has 1 atom stereocenters. The second-order valence-electron chi connectivity index (χ2n) is 4.28. The van der Waals surface area contributed by atoms with Crippen molar-refractivity contribution in [1.82, 2.24) is 0 Å². The van der Waals surface area contributed by atoms with Crippen molar-refractivity contribution < 1.29 is 14.6 Å². The van der Waals surface area contributed by atoms with Crippen LogP contribution in [0.1, 0.15) is 24.5 Å². The first-order chi connectivity index (χ1) is 8.22. The van der Waals surface area contributed by atoms with E-state index in [1.807, 2.05) is 0 Å². The van der Waals surface area contributed by atoms with Gasteiger partial charge in [0, 0.05) is 23.8 Å². The molecule has 0 radical (unpaired) electrons. The van der Waals surface area contributed by atoms with E-state index in [4.69, 9.17) is 21.1 Å². The summed E-state index contributed by atoms with van der Waals surface area (Å²) in [5, 5.41) is 11.0. The van der Waals surface area contributed by atoms with Gasteiger partial charge in [-0.05, 0) is 37.0 Å². The maximum absolute atomic E-state index is 10.4. The zero-order chi connectivity index (χ0) is 12.3. The van der Waals surface area contributed by atoms with Crippen molar-refractivity contribution in [3.63, 3.8) is 0 Å². The smallest absolute Gasteiger partial charge is 0.124 e. The van der Waals surface area contributed by atoms with E-state index < -0.39 is 6.10 Å². The van der Waals surface area contributed by atoms with Gasteiger partial charge in [0.15, 0.2) is 0 Å². The highest BCUT2D eigenvalue weighted by Crippen LogP contribution is 2.36. The minimum Gasteiger partial charge on any atom is -0.496 e. The minimum absolute atomic E-state index is 0.219. The van der Waals surface area contributed by atoms with Crippen LogP contribution >= 0.6 is 11.6 Å². The average molecular weight is 257 g/mol. The zero-order valence-corrected chi connectivity index (χ0v) is 10.6. The summed E-state index contributed by atoms with van der Waals surface area (Å²) in [7, 11) is 1.60. The number of benzene rings is 1. The summed E-state index contributed by atoms with van der Waals surface area (Å²) in [5.41, 5.74) is 0.770. The van der Waals surface area contributed by atoms with E-state index in [9.17, 15) is 5.11 Å². The molecule has 0 bridgehead atoms. The van der Waals surface area contributed by atoms with E-state index in [2.05, 4.69) is 0 Å². The lowest BCUT2D eigenvalue weighted by Crippen LogP contribution is -2.22. The lowest BCUT2D eigenvalue weighted by Gasteiger charge is -2.27. The van der Waals surface area contributed by atoms with Gasteiger partial charge in [-0.2, -0.15) is 0 Å². The van der Waals surface area contributed by atoms with Crippen molar-refractivity contribution in [2.75, 3.05) is 20.3 Å². The van der Waals surface area contributed by atoms with Crippen molar-refractivity contribution in [1.29, 1.82) is 0 Å². The number of rotatable bonds is 3. The van der Waals surface area contributed by atoms with Gasteiger partial charge in [0.2, 0.25) is 0 Å². The van der Waals surface area contributed by atoms with Gasteiger partial charge in [-0.25, -0.2) is 0 Å². The molecule has 0 amide bonds. The normalized spacial score (nSPS) is 19.0. The average Bonchev–Trinajstić information content (AvgIpc) is 2.39. The van der Waals surface area contributed by atoms with Crippen LogP contribution in [0, 0.1) is 5.92 Å². The molecule has 1 heterocycles. The molecule has 1 aliphatic heterocycles. The Balaban J connectivity index is 2.21. The van der Waals surface area contributed by atoms with Gasteiger partial charge >= 0.3 is 0 Å². The Labute approximate surface area is 106 Å². The first-order valence-corrected chi connectivity index (χ1v) is 6.19. The van der Waals surface area contributed by atoms with E-state index >= 15 is 0 Å². The summed E-state index contributed by atoms with van der Waals surface area (Å²) in [6.45, 7) is 1.43. The monoisotopic (exact) mass is 256 g/mol. The fourth-order valence-corrected chi connectivity index (χ4v) is 2.40. The number of halogens is 1. The van der Waals surface area contributed by atoms with Gasteiger partial charge in [-0.15, -0.1) is 0 Å². The predicted molar refractivity (Wildman–Crippen MR) is 66.5 cm³/mol. The largest absolute Gasteiger partial charge is 0.496 e. The van der Waals surface area contributed by atoms with Crippen molar-refractivity contribution in [2.24, 2.45) is 5.92 Å². The van der Waals surface area contributed by atoms with Crippen LogP contribution < -0.4 is 4.74 Å². The van der Waals surface area contributed by atoms with Gasteiger partial charge in [0.1, 0.15) is 5.75 Å². The standard InChI is InChI=1S/C13H17ClO3/c1-16-12-3-2-10(14)8-11(12)13(15)9-4-6-17-7-5-9/h2-3,8-9,13,15H,4-7H2,1H3. The molecular formula is C13H17ClO3. The van der Waals surface area contributed by atoms with Gasteiger partial charge in [-0.1, -0.05) is 11.6 Å². The highest BCUT2D eigenvalue weighted by molar-refractivity contribution is 6.30. The molecule has 1 aromatic rings. The molecule has 4 heteroatoms. The van der Waals surface area contributed by atoms with E-state index in [0.717, 1.165) is 18.4 Å². The molecule has 1 saturated heterocycles. The van der Waals surface area contributed by atoms with Crippen molar-refractivity contribution >= 4 is 11.6 Å². The van der Waals surface area contributed by atoms with Gasteiger partial charge < -0.3 is 14.6 Å². The molecular weight excluding hydrogens is 240 g/mol. The summed E-state index contributed by atoms with van der Waals surface area (Å²) < 4.78 is 10.6. The molecule has 1 N–H and O–H groups in total. The van der Waals surface area contributed by atoms with Crippen LogP contribution in [-0.2, 0) is 4.74 Å². The van der Waals surface area contributed by atoms with Crippen molar-refractivity contribution in [3.05, 3.63) is 28.8 Å². The van der Waals surface area contributed by atoms with Crippen molar-refractivity contribution in [3.8, 4) is 5.75 Å². The summed E-state index contributed by atoms with van der Waals surface area (Å²) in [6, 6.07) is 5.33. The Morgan fingerprint density at radius 2 is 2.12 bits per heavy atom.